The highest BCUT2D eigenvalue weighted by atomic mass is 16.5. The van der Waals surface area contributed by atoms with Crippen LogP contribution in [-0.4, -0.2) is 36.1 Å². The molecule has 1 saturated heterocycles. The molecule has 1 saturated carbocycles. The number of pyridine rings is 1. The minimum atomic E-state index is -0.543. The average molecular weight is 341 g/mol. The lowest BCUT2D eigenvalue weighted by Crippen LogP contribution is -2.35. The Hall–Kier alpha value is -2.83. The second-order valence-electron chi connectivity index (χ2n) is 6.42. The Labute approximate surface area is 144 Å². The van der Waals surface area contributed by atoms with E-state index in [1.54, 1.807) is 24.4 Å². The van der Waals surface area contributed by atoms with E-state index in [9.17, 15) is 9.59 Å². The molecule has 1 aromatic carbocycles. The molecular formula is C18H19N3O4. The van der Waals surface area contributed by atoms with Gasteiger partial charge >= 0.3 is 0 Å². The van der Waals surface area contributed by atoms with Crippen LogP contribution in [0.2, 0.25) is 0 Å². The van der Waals surface area contributed by atoms with Crippen LogP contribution in [-0.2, 0) is 4.79 Å². The maximum absolute atomic E-state index is 11.7. The molecular weight excluding hydrogens is 322 g/mol. The number of nitrogens with two attached hydrogens (primary N) is 1. The number of piperidine rings is 1. The van der Waals surface area contributed by atoms with Gasteiger partial charge in [0, 0.05) is 17.5 Å². The van der Waals surface area contributed by atoms with E-state index in [0.717, 1.165) is 17.2 Å². The van der Waals surface area contributed by atoms with E-state index >= 15 is 0 Å². The number of carbonyl (C=O) groups excluding carboxylic acids is 2. The summed E-state index contributed by atoms with van der Waals surface area (Å²) in [5.74, 6) is 0.983. The maximum atomic E-state index is 11.7. The number of hydrogen-bond donors (Lipinski definition) is 2. The van der Waals surface area contributed by atoms with Gasteiger partial charge in [-0.15, -0.1) is 0 Å². The van der Waals surface area contributed by atoms with E-state index < -0.39 is 5.91 Å². The molecule has 2 aromatic rings. The number of aromatic nitrogens is 1. The van der Waals surface area contributed by atoms with Gasteiger partial charge in [-0.3, -0.25) is 9.59 Å². The van der Waals surface area contributed by atoms with Crippen LogP contribution in [0.1, 0.15) is 23.7 Å². The zero-order chi connectivity index (χ0) is 17.6. The summed E-state index contributed by atoms with van der Waals surface area (Å²) in [5.41, 5.74) is 5.77. The SMILES string of the molecule is CCOc1cc2c(OC[C@H]3NC(=O)[C@@H]4C[C@H]34)nccc2cc1C(N)=O. The molecule has 0 unspecified atom stereocenters. The molecule has 130 valence electrons. The summed E-state index contributed by atoms with van der Waals surface area (Å²) in [4.78, 5) is 27.6. The van der Waals surface area contributed by atoms with Gasteiger partial charge in [0.1, 0.15) is 12.4 Å². The predicted octanol–water partition coefficient (Wildman–Crippen LogP) is 1.25. The van der Waals surface area contributed by atoms with Crippen molar-refractivity contribution in [1.29, 1.82) is 0 Å². The first-order valence-corrected chi connectivity index (χ1v) is 8.37. The van der Waals surface area contributed by atoms with Gasteiger partial charge in [-0.1, -0.05) is 0 Å². The van der Waals surface area contributed by atoms with Crippen LogP contribution in [0.5, 0.6) is 11.6 Å². The second kappa shape index (κ2) is 5.91. The van der Waals surface area contributed by atoms with Crippen molar-refractivity contribution < 1.29 is 19.1 Å². The average Bonchev–Trinajstić information content (AvgIpc) is 3.33. The summed E-state index contributed by atoms with van der Waals surface area (Å²) < 4.78 is 11.4. The van der Waals surface area contributed by atoms with Gasteiger partial charge < -0.3 is 20.5 Å². The van der Waals surface area contributed by atoms with Crippen LogP contribution in [0.3, 0.4) is 0 Å². The number of amides is 2. The third-order valence-corrected chi connectivity index (χ3v) is 4.81. The summed E-state index contributed by atoms with van der Waals surface area (Å²) in [7, 11) is 0. The van der Waals surface area contributed by atoms with Crippen LogP contribution in [0.4, 0.5) is 0 Å². The first-order valence-electron chi connectivity index (χ1n) is 8.37. The number of rotatable bonds is 6. The molecule has 1 aromatic heterocycles. The van der Waals surface area contributed by atoms with Crippen LogP contribution in [0, 0.1) is 11.8 Å². The first kappa shape index (κ1) is 15.7. The number of ether oxygens (including phenoxy) is 2. The molecule has 0 radical (unpaired) electrons. The summed E-state index contributed by atoms with van der Waals surface area (Å²) in [6.07, 6.45) is 2.56. The topological polar surface area (TPSA) is 104 Å². The van der Waals surface area contributed by atoms with Crippen molar-refractivity contribution in [2.75, 3.05) is 13.2 Å². The minimum absolute atomic E-state index is 0.0332. The van der Waals surface area contributed by atoms with Gasteiger partial charge in [0.05, 0.1) is 18.2 Å². The molecule has 2 aliphatic rings. The molecule has 1 aliphatic carbocycles. The van der Waals surface area contributed by atoms with Crippen molar-refractivity contribution in [3.63, 3.8) is 0 Å². The Morgan fingerprint density at radius 1 is 1.40 bits per heavy atom. The minimum Gasteiger partial charge on any atom is -0.493 e. The lowest BCUT2D eigenvalue weighted by Gasteiger charge is -2.16. The highest BCUT2D eigenvalue weighted by molar-refractivity contribution is 6.01. The van der Waals surface area contributed by atoms with Gasteiger partial charge in [-0.05, 0) is 42.8 Å². The fourth-order valence-electron chi connectivity index (χ4n) is 3.45. The van der Waals surface area contributed by atoms with Crippen molar-refractivity contribution in [2.45, 2.75) is 19.4 Å². The molecule has 25 heavy (non-hydrogen) atoms. The zero-order valence-electron chi connectivity index (χ0n) is 13.8. The molecule has 2 fully saturated rings. The smallest absolute Gasteiger partial charge is 0.252 e. The summed E-state index contributed by atoms with van der Waals surface area (Å²) >= 11 is 0. The van der Waals surface area contributed by atoms with Crippen LogP contribution in [0.25, 0.3) is 10.8 Å². The first-order chi connectivity index (χ1) is 12.1. The fourth-order valence-corrected chi connectivity index (χ4v) is 3.45. The van der Waals surface area contributed by atoms with Crippen LogP contribution in [0.15, 0.2) is 24.4 Å². The molecule has 4 rings (SSSR count). The predicted molar refractivity (Wildman–Crippen MR) is 90.5 cm³/mol. The Kier molecular flexibility index (Phi) is 3.71. The maximum Gasteiger partial charge on any atom is 0.252 e. The molecule has 3 N–H and O–H groups in total. The molecule has 2 amide bonds. The normalized spacial score (nSPS) is 23.9. The van der Waals surface area contributed by atoms with Gasteiger partial charge in [-0.2, -0.15) is 0 Å². The van der Waals surface area contributed by atoms with E-state index in [1.165, 1.54) is 0 Å². The lowest BCUT2D eigenvalue weighted by molar-refractivity contribution is -0.121. The number of primary amides is 1. The quantitative estimate of drug-likeness (QED) is 0.823. The van der Waals surface area contributed by atoms with E-state index in [1.807, 2.05) is 6.92 Å². The van der Waals surface area contributed by atoms with Crippen molar-refractivity contribution >= 4 is 22.6 Å². The highest BCUT2D eigenvalue weighted by Crippen LogP contribution is 2.46. The number of nitrogens with one attached hydrogen (secondary N) is 1. The molecule has 2 heterocycles. The molecule has 3 atom stereocenters. The van der Waals surface area contributed by atoms with E-state index in [2.05, 4.69) is 10.3 Å². The van der Waals surface area contributed by atoms with Crippen molar-refractivity contribution in [1.82, 2.24) is 10.3 Å². The zero-order valence-corrected chi connectivity index (χ0v) is 13.8. The van der Waals surface area contributed by atoms with Crippen LogP contribution >= 0.6 is 0 Å². The third kappa shape index (κ3) is 2.75. The van der Waals surface area contributed by atoms with Crippen molar-refractivity contribution in [2.24, 2.45) is 17.6 Å². The molecule has 1 aliphatic heterocycles. The standard InChI is InChI=1S/C18H19N3O4/c1-2-24-15-7-10-9(5-13(15)16(19)22)3-4-20-18(10)25-8-14-11-6-12(11)17(23)21-14/h3-5,7,11-12,14H,2,6,8H2,1H3,(H2,19,22)(H,21,23)/t11-,12+,14+/m0/s1. The van der Waals surface area contributed by atoms with E-state index in [-0.39, 0.29) is 17.9 Å². The monoisotopic (exact) mass is 341 g/mol. The number of nitrogens with zero attached hydrogens (tertiary/aromatic N) is 1. The largest absolute Gasteiger partial charge is 0.493 e. The number of hydrogen-bond acceptors (Lipinski definition) is 5. The summed E-state index contributed by atoms with van der Waals surface area (Å²) in [6, 6.07) is 5.24. The van der Waals surface area contributed by atoms with Gasteiger partial charge in [0.15, 0.2) is 0 Å². The fraction of sp³-hybridized carbons (Fsp3) is 0.389. The number of carbonyl (C=O) groups is 2. The molecule has 7 nitrogen and oxygen atoms in total. The Morgan fingerprint density at radius 3 is 2.88 bits per heavy atom. The van der Waals surface area contributed by atoms with Crippen molar-refractivity contribution in [3.8, 4) is 11.6 Å². The van der Waals surface area contributed by atoms with E-state index in [4.69, 9.17) is 15.2 Å². The Bertz CT molecular complexity index is 867. The lowest BCUT2D eigenvalue weighted by atomic mass is 10.1. The second-order valence-corrected chi connectivity index (χ2v) is 6.42. The number of benzene rings is 1. The highest BCUT2D eigenvalue weighted by Gasteiger charge is 2.54. The molecule has 0 spiro atoms. The summed E-state index contributed by atoms with van der Waals surface area (Å²) in [5, 5.41) is 4.49. The number of fused-ring (bicyclic) bond motifs is 2. The van der Waals surface area contributed by atoms with Crippen molar-refractivity contribution in [3.05, 3.63) is 30.0 Å². The molecule has 7 heteroatoms. The molecule has 0 bridgehead atoms. The van der Waals surface area contributed by atoms with Gasteiger partial charge in [0.25, 0.3) is 5.91 Å². The Morgan fingerprint density at radius 2 is 2.24 bits per heavy atom. The third-order valence-electron chi connectivity index (χ3n) is 4.81. The van der Waals surface area contributed by atoms with Gasteiger partial charge in [-0.25, -0.2) is 4.98 Å². The van der Waals surface area contributed by atoms with E-state index in [0.29, 0.717) is 36.3 Å². The summed E-state index contributed by atoms with van der Waals surface area (Å²) in [6.45, 7) is 2.63. The van der Waals surface area contributed by atoms with Gasteiger partial charge in [0.2, 0.25) is 11.8 Å². The van der Waals surface area contributed by atoms with Crippen LogP contribution < -0.4 is 20.5 Å². The Balaban J connectivity index is 1.63.